The molecule has 122 valence electrons. The summed E-state index contributed by atoms with van der Waals surface area (Å²) in [5.41, 5.74) is 1.25. The number of aromatic nitrogens is 2. The number of nitrogens with zero attached hydrogens (tertiary/aromatic N) is 2. The molecular weight excluding hydrogens is 288 g/mol. The van der Waals surface area contributed by atoms with Gasteiger partial charge in [0.2, 0.25) is 10.0 Å². The maximum Gasteiger partial charge on any atom is 0.244 e. The normalized spacial score (nSPS) is 13.6. The van der Waals surface area contributed by atoms with Crippen LogP contribution in [0.15, 0.2) is 4.90 Å². The maximum atomic E-state index is 12.5. The smallest absolute Gasteiger partial charge is 0.244 e. The average Bonchev–Trinajstić information content (AvgIpc) is 2.65. The molecule has 2 N–H and O–H groups in total. The molecule has 0 aromatic carbocycles. The molecular formula is C14H28N4O2S. The minimum atomic E-state index is -3.51. The van der Waals surface area contributed by atoms with Crippen LogP contribution in [0.5, 0.6) is 0 Å². The lowest BCUT2D eigenvalue weighted by molar-refractivity contribution is 0.539. The van der Waals surface area contributed by atoms with Gasteiger partial charge in [-0.1, -0.05) is 20.3 Å². The standard InChI is InChI=1S/C14H28N4O2S/c1-6-8-11(3)17-21(19,20)14-12(4)16-18(13(14)5)10-9-15-7-2/h11,15,17H,6-10H2,1-5H3. The molecule has 0 aliphatic heterocycles. The van der Waals surface area contributed by atoms with Gasteiger partial charge in [0.15, 0.2) is 0 Å². The Morgan fingerprint density at radius 2 is 1.95 bits per heavy atom. The van der Waals surface area contributed by atoms with Gasteiger partial charge in [-0.3, -0.25) is 4.68 Å². The monoisotopic (exact) mass is 316 g/mol. The zero-order valence-electron chi connectivity index (χ0n) is 13.7. The number of likely N-dealkylation sites (N-methyl/N-ethyl adjacent to an activating group) is 1. The second kappa shape index (κ2) is 7.91. The molecule has 0 spiro atoms. The summed E-state index contributed by atoms with van der Waals surface area (Å²) in [5, 5.41) is 7.57. The molecule has 0 saturated heterocycles. The molecule has 1 aromatic rings. The van der Waals surface area contributed by atoms with Crippen molar-refractivity contribution in [2.75, 3.05) is 13.1 Å². The third-order valence-electron chi connectivity index (χ3n) is 3.41. The first-order valence-corrected chi connectivity index (χ1v) is 9.08. The summed E-state index contributed by atoms with van der Waals surface area (Å²) in [6.07, 6.45) is 1.77. The molecule has 1 unspecified atom stereocenters. The Morgan fingerprint density at radius 3 is 2.52 bits per heavy atom. The van der Waals surface area contributed by atoms with Crippen molar-refractivity contribution in [3.05, 3.63) is 11.4 Å². The van der Waals surface area contributed by atoms with E-state index >= 15 is 0 Å². The van der Waals surface area contributed by atoms with Crippen molar-refractivity contribution in [1.82, 2.24) is 19.8 Å². The Kier molecular flexibility index (Phi) is 6.83. The first-order chi connectivity index (χ1) is 9.83. The van der Waals surface area contributed by atoms with Gasteiger partial charge in [-0.15, -0.1) is 0 Å². The lowest BCUT2D eigenvalue weighted by atomic mass is 10.2. The van der Waals surface area contributed by atoms with Crippen LogP contribution >= 0.6 is 0 Å². The quantitative estimate of drug-likeness (QED) is 0.678. The van der Waals surface area contributed by atoms with Crippen molar-refractivity contribution in [3.8, 4) is 0 Å². The SMILES string of the molecule is CCCC(C)NS(=O)(=O)c1c(C)nn(CCNCC)c1C. The molecule has 0 amide bonds. The predicted octanol–water partition coefficient (Wildman–Crippen LogP) is 1.58. The predicted molar refractivity (Wildman–Crippen MR) is 84.9 cm³/mol. The fourth-order valence-corrected chi connectivity index (χ4v) is 4.15. The van der Waals surface area contributed by atoms with Gasteiger partial charge in [-0.25, -0.2) is 13.1 Å². The molecule has 0 bridgehead atoms. The summed E-state index contributed by atoms with van der Waals surface area (Å²) in [4.78, 5) is 0.321. The van der Waals surface area contributed by atoms with E-state index in [1.54, 1.807) is 11.6 Å². The fraction of sp³-hybridized carbons (Fsp3) is 0.786. The third-order valence-corrected chi connectivity index (χ3v) is 5.25. The zero-order chi connectivity index (χ0) is 16.0. The number of nitrogens with one attached hydrogen (secondary N) is 2. The molecule has 1 atom stereocenters. The van der Waals surface area contributed by atoms with E-state index in [2.05, 4.69) is 15.1 Å². The van der Waals surface area contributed by atoms with E-state index in [1.807, 2.05) is 27.7 Å². The van der Waals surface area contributed by atoms with Crippen molar-refractivity contribution in [1.29, 1.82) is 0 Å². The van der Waals surface area contributed by atoms with Crippen molar-refractivity contribution in [3.63, 3.8) is 0 Å². The van der Waals surface area contributed by atoms with E-state index in [4.69, 9.17) is 0 Å². The van der Waals surface area contributed by atoms with Crippen molar-refractivity contribution < 1.29 is 8.42 Å². The van der Waals surface area contributed by atoms with Crippen molar-refractivity contribution in [2.45, 2.75) is 64.9 Å². The van der Waals surface area contributed by atoms with Gasteiger partial charge in [0, 0.05) is 12.6 Å². The van der Waals surface area contributed by atoms with E-state index < -0.39 is 10.0 Å². The molecule has 0 aliphatic carbocycles. The maximum absolute atomic E-state index is 12.5. The van der Waals surface area contributed by atoms with E-state index in [-0.39, 0.29) is 6.04 Å². The number of hydrogen-bond donors (Lipinski definition) is 2. The molecule has 0 radical (unpaired) electrons. The third kappa shape index (κ3) is 4.79. The number of sulfonamides is 1. The van der Waals surface area contributed by atoms with Crippen LogP contribution in [0, 0.1) is 13.8 Å². The van der Waals surface area contributed by atoms with Gasteiger partial charge in [-0.2, -0.15) is 5.10 Å². The second-order valence-electron chi connectivity index (χ2n) is 5.39. The minimum absolute atomic E-state index is 0.0658. The van der Waals surface area contributed by atoms with E-state index in [0.717, 1.165) is 25.9 Å². The van der Waals surface area contributed by atoms with Crippen LogP contribution in [0.4, 0.5) is 0 Å². The summed E-state index contributed by atoms with van der Waals surface area (Å²) in [6, 6.07) is -0.0658. The highest BCUT2D eigenvalue weighted by Gasteiger charge is 2.25. The largest absolute Gasteiger partial charge is 0.315 e. The van der Waals surface area contributed by atoms with Crippen molar-refractivity contribution in [2.24, 2.45) is 0 Å². The van der Waals surface area contributed by atoms with Crippen LogP contribution in [-0.2, 0) is 16.6 Å². The van der Waals surface area contributed by atoms with E-state index in [0.29, 0.717) is 22.8 Å². The summed E-state index contributed by atoms with van der Waals surface area (Å²) in [5.74, 6) is 0. The van der Waals surface area contributed by atoms with Gasteiger partial charge in [0.05, 0.1) is 17.9 Å². The Hall–Kier alpha value is -0.920. The van der Waals surface area contributed by atoms with Crippen LogP contribution in [0.3, 0.4) is 0 Å². The summed E-state index contributed by atoms with van der Waals surface area (Å²) < 4.78 is 29.5. The summed E-state index contributed by atoms with van der Waals surface area (Å²) in [6.45, 7) is 11.9. The van der Waals surface area contributed by atoms with E-state index in [1.165, 1.54) is 0 Å². The molecule has 7 heteroatoms. The van der Waals surface area contributed by atoms with Gasteiger partial charge in [-0.05, 0) is 33.7 Å². The van der Waals surface area contributed by atoms with E-state index in [9.17, 15) is 8.42 Å². The summed E-state index contributed by atoms with van der Waals surface area (Å²) >= 11 is 0. The Balaban J connectivity index is 2.96. The van der Waals surface area contributed by atoms with Crippen LogP contribution in [-0.4, -0.2) is 37.3 Å². The highest BCUT2D eigenvalue weighted by atomic mass is 32.2. The molecule has 0 aliphatic rings. The van der Waals surface area contributed by atoms with Crippen LogP contribution in [0.25, 0.3) is 0 Å². The van der Waals surface area contributed by atoms with Gasteiger partial charge < -0.3 is 5.32 Å². The summed E-state index contributed by atoms with van der Waals surface area (Å²) in [7, 11) is -3.51. The lowest BCUT2D eigenvalue weighted by Gasteiger charge is -2.13. The Morgan fingerprint density at radius 1 is 1.29 bits per heavy atom. The second-order valence-corrected chi connectivity index (χ2v) is 7.04. The number of hydrogen-bond acceptors (Lipinski definition) is 4. The van der Waals surface area contributed by atoms with Crippen LogP contribution in [0.2, 0.25) is 0 Å². The molecule has 1 rings (SSSR count). The Labute approximate surface area is 128 Å². The van der Waals surface area contributed by atoms with Crippen molar-refractivity contribution >= 4 is 10.0 Å². The number of aryl methyl sites for hydroxylation is 1. The van der Waals surface area contributed by atoms with Crippen LogP contribution < -0.4 is 10.0 Å². The molecule has 0 saturated carbocycles. The zero-order valence-corrected chi connectivity index (χ0v) is 14.5. The van der Waals surface area contributed by atoms with Crippen LogP contribution in [0.1, 0.15) is 45.0 Å². The Bertz CT molecular complexity index is 552. The molecule has 6 nitrogen and oxygen atoms in total. The van der Waals surface area contributed by atoms with Gasteiger partial charge in [0.1, 0.15) is 4.90 Å². The van der Waals surface area contributed by atoms with Gasteiger partial charge in [0.25, 0.3) is 0 Å². The first-order valence-electron chi connectivity index (χ1n) is 7.60. The minimum Gasteiger partial charge on any atom is -0.315 e. The molecule has 1 heterocycles. The fourth-order valence-electron chi connectivity index (χ4n) is 2.46. The number of rotatable bonds is 9. The lowest BCUT2D eigenvalue weighted by Crippen LogP contribution is -2.33. The topological polar surface area (TPSA) is 76.0 Å². The average molecular weight is 316 g/mol. The van der Waals surface area contributed by atoms with Gasteiger partial charge >= 0.3 is 0 Å². The highest BCUT2D eigenvalue weighted by Crippen LogP contribution is 2.19. The first kappa shape index (κ1) is 18.1. The molecule has 0 fully saturated rings. The molecule has 1 aromatic heterocycles. The highest BCUT2D eigenvalue weighted by molar-refractivity contribution is 7.89. The molecule has 21 heavy (non-hydrogen) atoms.